The Labute approximate surface area is 154 Å². The summed E-state index contributed by atoms with van der Waals surface area (Å²) in [5.74, 6) is 0.0521. The van der Waals surface area contributed by atoms with Gasteiger partial charge in [0.25, 0.3) is 0 Å². The van der Waals surface area contributed by atoms with E-state index in [1.165, 1.54) is 0 Å². The van der Waals surface area contributed by atoms with E-state index in [0.717, 1.165) is 33.2 Å². The number of amides is 1. The summed E-state index contributed by atoms with van der Waals surface area (Å²) in [6, 6.07) is 8.20. The number of carbonyl (C=O) groups excluding carboxylic acids is 1. The van der Waals surface area contributed by atoms with Gasteiger partial charge in [0.1, 0.15) is 0 Å². The summed E-state index contributed by atoms with van der Waals surface area (Å²) in [5.41, 5.74) is 5.40. The fourth-order valence-electron chi connectivity index (χ4n) is 3.76. The molecule has 1 unspecified atom stereocenters. The molecule has 1 aromatic carbocycles. The quantitative estimate of drug-likeness (QED) is 0.595. The predicted octanol–water partition coefficient (Wildman–Crippen LogP) is 3.04. The molecule has 0 saturated carbocycles. The summed E-state index contributed by atoms with van der Waals surface area (Å²) < 4.78 is 3.98. The molecule has 1 amide bonds. The topological polar surface area (TPSA) is 64.2 Å². The Balaban J connectivity index is 1.66. The molecule has 1 atom stereocenters. The van der Waals surface area contributed by atoms with Crippen molar-refractivity contribution < 1.29 is 4.79 Å². The van der Waals surface area contributed by atoms with Crippen LogP contribution in [0.5, 0.6) is 0 Å². The highest BCUT2D eigenvalue weighted by Crippen LogP contribution is 2.36. The molecule has 26 heavy (non-hydrogen) atoms. The lowest BCUT2D eigenvalue weighted by Gasteiger charge is -2.18. The van der Waals surface area contributed by atoms with Crippen molar-refractivity contribution in [2.75, 3.05) is 0 Å². The minimum Gasteiger partial charge on any atom is -0.350 e. The Hall–Kier alpha value is -2.93. The summed E-state index contributed by atoms with van der Waals surface area (Å²) in [6.07, 6.45) is 6.17. The SMILES string of the molecule is Cc1cc(-n2cccn2)ccc1C1CC(=O)NCc2nc3sccn3c21. The zero-order valence-corrected chi connectivity index (χ0v) is 15.0. The molecule has 5 rings (SSSR count). The molecule has 0 spiro atoms. The number of aromatic nitrogens is 4. The van der Waals surface area contributed by atoms with Crippen LogP contribution in [-0.2, 0) is 11.3 Å². The van der Waals surface area contributed by atoms with Crippen molar-refractivity contribution in [2.24, 2.45) is 0 Å². The Bertz CT molecular complexity index is 1110. The monoisotopic (exact) mass is 363 g/mol. The normalized spacial score (nSPS) is 17.1. The number of imidazole rings is 1. The van der Waals surface area contributed by atoms with Gasteiger partial charge < -0.3 is 5.32 Å². The van der Waals surface area contributed by atoms with Crippen LogP contribution in [0.25, 0.3) is 10.6 Å². The van der Waals surface area contributed by atoms with E-state index in [0.29, 0.717) is 13.0 Å². The van der Waals surface area contributed by atoms with E-state index in [9.17, 15) is 4.79 Å². The van der Waals surface area contributed by atoms with Crippen molar-refractivity contribution in [3.63, 3.8) is 0 Å². The second kappa shape index (κ2) is 5.81. The van der Waals surface area contributed by atoms with E-state index in [2.05, 4.69) is 39.9 Å². The van der Waals surface area contributed by atoms with Crippen LogP contribution < -0.4 is 5.32 Å². The van der Waals surface area contributed by atoms with Gasteiger partial charge in [-0.15, -0.1) is 11.3 Å². The molecule has 0 bridgehead atoms. The molecule has 1 aliphatic heterocycles. The number of rotatable bonds is 2. The molecule has 0 aliphatic carbocycles. The molecule has 7 heteroatoms. The van der Waals surface area contributed by atoms with Crippen LogP contribution in [0.1, 0.15) is 34.9 Å². The van der Waals surface area contributed by atoms with Gasteiger partial charge in [0.05, 0.1) is 23.6 Å². The largest absolute Gasteiger partial charge is 0.350 e. The number of aryl methyl sites for hydroxylation is 1. The van der Waals surface area contributed by atoms with E-state index in [1.54, 1.807) is 17.5 Å². The predicted molar refractivity (Wildman–Crippen MR) is 99.7 cm³/mol. The number of hydrogen-bond acceptors (Lipinski definition) is 4. The number of benzene rings is 1. The number of nitrogens with one attached hydrogen (secondary N) is 1. The third-order valence-corrected chi connectivity index (χ3v) is 5.70. The fraction of sp³-hybridized carbons (Fsp3) is 0.211. The van der Waals surface area contributed by atoms with Crippen LogP contribution >= 0.6 is 11.3 Å². The van der Waals surface area contributed by atoms with Gasteiger partial charge in [-0.1, -0.05) is 6.07 Å². The second-order valence-electron chi connectivity index (χ2n) is 6.52. The van der Waals surface area contributed by atoms with Crippen molar-refractivity contribution >= 4 is 22.2 Å². The Morgan fingerprint density at radius 1 is 1.31 bits per heavy atom. The average Bonchev–Trinajstić information content (AvgIpc) is 3.34. The number of carbonyl (C=O) groups is 1. The third kappa shape index (κ3) is 2.35. The van der Waals surface area contributed by atoms with Crippen LogP contribution in [0.15, 0.2) is 48.2 Å². The molecular formula is C19H17N5OS. The highest BCUT2D eigenvalue weighted by atomic mass is 32.1. The maximum atomic E-state index is 12.3. The maximum absolute atomic E-state index is 12.3. The van der Waals surface area contributed by atoms with E-state index < -0.39 is 0 Å². The standard InChI is InChI=1S/C19H17N5OS/c1-12-9-13(24-6-2-5-21-24)3-4-14(12)15-10-17(25)20-11-16-18(15)23-7-8-26-19(23)22-16/h2-9,15H,10-11H2,1H3,(H,20,25). The van der Waals surface area contributed by atoms with Gasteiger partial charge in [-0.2, -0.15) is 5.10 Å². The summed E-state index contributed by atoms with van der Waals surface area (Å²) in [7, 11) is 0. The minimum atomic E-state index is -0.0104. The van der Waals surface area contributed by atoms with Crippen molar-refractivity contribution in [1.29, 1.82) is 0 Å². The smallest absolute Gasteiger partial charge is 0.221 e. The first-order chi connectivity index (χ1) is 12.7. The molecule has 0 saturated heterocycles. The zero-order chi connectivity index (χ0) is 17.7. The molecule has 0 fully saturated rings. The van der Waals surface area contributed by atoms with Crippen LogP contribution in [-0.4, -0.2) is 25.1 Å². The average molecular weight is 363 g/mol. The molecular weight excluding hydrogens is 346 g/mol. The van der Waals surface area contributed by atoms with Gasteiger partial charge in [-0.05, 0) is 36.2 Å². The first-order valence-corrected chi connectivity index (χ1v) is 9.40. The van der Waals surface area contributed by atoms with Crippen LogP contribution in [0.4, 0.5) is 0 Å². The molecule has 130 valence electrons. The summed E-state index contributed by atoms with van der Waals surface area (Å²) >= 11 is 1.62. The number of fused-ring (bicyclic) bond motifs is 3. The molecule has 4 heterocycles. The highest BCUT2D eigenvalue weighted by molar-refractivity contribution is 7.15. The zero-order valence-electron chi connectivity index (χ0n) is 14.2. The number of hydrogen-bond donors (Lipinski definition) is 1. The minimum absolute atomic E-state index is 0.0104. The van der Waals surface area contributed by atoms with Crippen LogP contribution in [0, 0.1) is 6.92 Å². The molecule has 1 N–H and O–H groups in total. The van der Waals surface area contributed by atoms with Gasteiger partial charge in [0, 0.05) is 36.3 Å². The highest BCUT2D eigenvalue weighted by Gasteiger charge is 2.30. The van der Waals surface area contributed by atoms with Gasteiger partial charge in [-0.25, -0.2) is 9.67 Å². The second-order valence-corrected chi connectivity index (χ2v) is 7.40. The van der Waals surface area contributed by atoms with Crippen LogP contribution in [0.3, 0.4) is 0 Å². The van der Waals surface area contributed by atoms with Crippen molar-refractivity contribution in [3.05, 3.63) is 70.8 Å². The van der Waals surface area contributed by atoms with Crippen molar-refractivity contribution in [2.45, 2.75) is 25.8 Å². The summed E-state index contributed by atoms with van der Waals surface area (Å²) in [4.78, 5) is 18.0. The number of thiazole rings is 1. The maximum Gasteiger partial charge on any atom is 0.221 e. The van der Waals surface area contributed by atoms with Gasteiger partial charge in [-0.3, -0.25) is 9.20 Å². The molecule has 0 radical (unpaired) electrons. The summed E-state index contributed by atoms with van der Waals surface area (Å²) in [6.45, 7) is 2.58. The molecule has 6 nitrogen and oxygen atoms in total. The lowest BCUT2D eigenvalue weighted by molar-refractivity contribution is -0.121. The Morgan fingerprint density at radius 3 is 3.04 bits per heavy atom. The number of nitrogens with zero attached hydrogens (tertiary/aromatic N) is 4. The first-order valence-electron chi connectivity index (χ1n) is 8.52. The molecule has 1 aliphatic rings. The first kappa shape index (κ1) is 15.3. The third-order valence-electron chi connectivity index (χ3n) is 4.95. The van der Waals surface area contributed by atoms with Gasteiger partial charge in [0.2, 0.25) is 5.91 Å². The summed E-state index contributed by atoms with van der Waals surface area (Å²) in [5, 5.41) is 9.31. The van der Waals surface area contributed by atoms with E-state index in [-0.39, 0.29) is 11.8 Å². The molecule has 4 aromatic rings. The van der Waals surface area contributed by atoms with Crippen LogP contribution in [0.2, 0.25) is 0 Å². The van der Waals surface area contributed by atoms with Crippen molar-refractivity contribution in [1.82, 2.24) is 24.5 Å². The van der Waals surface area contributed by atoms with Gasteiger partial charge in [0.15, 0.2) is 4.96 Å². The van der Waals surface area contributed by atoms with E-state index >= 15 is 0 Å². The van der Waals surface area contributed by atoms with Crippen molar-refractivity contribution in [3.8, 4) is 5.69 Å². The fourth-order valence-corrected chi connectivity index (χ4v) is 4.50. The lowest BCUT2D eigenvalue weighted by Crippen LogP contribution is -2.21. The Kier molecular flexibility index (Phi) is 3.43. The molecule has 3 aromatic heterocycles. The van der Waals surface area contributed by atoms with Gasteiger partial charge >= 0.3 is 0 Å². The Morgan fingerprint density at radius 2 is 2.23 bits per heavy atom. The lowest BCUT2D eigenvalue weighted by atomic mass is 9.88. The van der Waals surface area contributed by atoms with E-state index in [4.69, 9.17) is 4.98 Å². The van der Waals surface area contributed by atoms with E-state index in [1.807, 2.05) is 28.5 Å².